The molecule has 0 bridgehead atoms. The quantitative estimate of drug-likeness (QED) is 0.222. The monoisotopic (exact) mass is 421 g/mol. The number of aliphatic hydroxyl groups is 1. The van der Waals surface area contributed by atoms with Crippen LogP contribution in [0, 0.1) is 12.3 Å². The number of hydrogen-bond donors (Lipinski definition) is 2. The number of hydrogen-bond acceptors (Lipinski definition) is 6. The number of rotatable bonds is 5. The molecule has 0 amide bonds. The van der Waals surface area contributed by atoms with Crippen LogP contribution in [-0.4, -0.2) is 36.6 Å². The third-order valence-electron chi connectivity index (χ3n) is 4.22. The number of nitrogens with zero attached hydrogens (tertiary/aromatic N) is 1. The zero-order valence-corrected chi connectivity index (χ0v) is 18.3. The average molecular weight is 421 g/mol. The predicted molar refractivity (Wildman–Crippen MR) is 124 cm³/mol. The highest BCUT2D eigenvalue weighted by atomic mass is 16.5. The fraction of sp³-hybridized carbons (Fsp3) is 0.200. The minimum atomic E-state index is -0.844. The topological polar surface area (TPSA) is 88.4 Å². The highest BCUT2D eigenvalue weighted by Gasteiger charge is 2.22. The van der Waals surface area contributed by atoms with E-state index in [0.717, 1.165) is 0 Å². The van der Waals surface area contributed by atoms with Crippen LogP contribution in [0.4, 0.5) is 0 Å². The number of esters is 1. The number of carbonyl (C=O) groups excluding carboxylic acids is 1. The van der Waals surface area contributed by atoms with Gasteiger partial charge in [0, 0.05) is 18.2 Å². The summed E-state index contributed by atoms with van der Waals surface area (Å²) in [5, 5.41) is 21.3. The van der Waals surface area contributed by atoms with Gasteiger partial charge in [-0.05, 0) is 56.8 Å². The first kappa shape index (κ1) is 25.1. The van der Waals surface area contributed by atoms with Gasteiger partial charge >= 0.3 is 5.97 Å². The van der Waals surface area contributed by atoms with Crippen LogP contribution in [0.25, 0.3) is 11.3 Å². The van der Waals surface area contributed by atoms with Crippen LogP contribution in [0.1, 0.15) is 31.9 Å². The van der Waals surface area contributed by atoms with E-state index in [4.69, 9.17) is 11.2 Å². The molecule has 2 N–H and O–H groups in total. The van der Waals surface area contributed by atoms with E-state index in [2.05, 4.69) is 15.6 Å². The fourth-order valence-electron chi connectivity index (χ4n) is 2.47. The van der Waals surface area contributed by atoms with Crippen LogP contribution in [0.5, 0.6) is 17.2 Å². The number of benzene rings is 2. The Bertz CT molecular complexity index is 1020. The number of ether oxygens (including phenoxy) is 2. The summed E-state index contributed by atoms with van der Waals surface area (Å²) < 4.78 is 10.3. The molecule has 0 heterocycles. The Morgan fingerprint density at radius 3 is 2.26 bits per heavy atom. The third-order valence-corrected chi connectivity index (χ3v) is 4.22. The standard InChI is InChI=1S/C22H20O5.C3H7N/c1-5-14(3)19-17(20(23)16(6-2)22(25)26-4)12-13-18(21(19)24)27-15-10-8-7-9-11-15;1-3-4-2/h2,5,7-13,23-24H,1,3-4H3;3H,1-2H3/b14-5-,20-16-;. The Labute approximate surface area is 183 Å². The Morgan fingerprint density at radius 2 is 1.77 bits per heavy atom. The van der Waals surface area contributed by atoms with E-state index in [1.165, 1.54) is 19.2 Å². The van der Waals surface area contributed by atoms with Gasteiger partial charge in [0.25, 0.3) is 0 Å². The number of terminal acetylenes is 1. The summed E-state index contributed by atoms with van der Waals surface area (Å²) in [5.41, 5.74) is 0.828. The molecule has 2 aromatic carbocycles. The maximum absolute atomic E-state index is 11.8. The first-order valence-electron chi connectivity index (χ1n) is 9.43. The van der Waals surface area contributed by atoms with Crippen LogP contribution >= 0.6 is 0 Å². The first-order valence-corrected chi connectivity index (χ1v) is 9.43. The summed E-state index contributed by atoms with van der Waals surface area (Å²) in [6.45, 7) is 5.43. The normalized spacial score (nSPS) is 11.7. The molecule has 6 heteroatoms. The molecule has 0 aliphatic rings. The van der Waals surface area contributed by atoms with E-state index in [1.54, 1.807) is 45.3 Å². The summed E-state index contributed by atoms with van der Waals surface area (Å²) >= 11 is 0. The van der Waals surface area contributed by atoms with Crippen molar-refractivity contribution in [3.63, 3.8) is 0 Å². The van der Waals surface area contributed by atoms with Crippen molar-refractivity contribution in [2.24, 2.45) is 4.99 Å². The summed E-state index contributed by atoms with van der Waals surface area (Å²) in [5.74, 6) is 1.40. The van der Waals surface area contributed by atoms with Crippen LogP contribution in [0.15, 0.2) is 59.1 Å². The van der Waals surface area contributed by atoms with E-state index in [-0.39, 0.29) is 22.6 Å². The number of methoxy groups -OCH3 is 1. The second-order valence-corrected chi connectivity index (χ2v) is 6.10. The lowest BCUT2D eigenvalue weighted by molar-refractivity contribution is -0.135. The fourth-order valence-corrected chi connectivity index (χ4v) is 2.47. The molecule has 0 unspecified atom stereocenters. The summed E-state index contributed by atoms with van der Waals surface area (Å²) in [6, 6.07) is 12.0. The minimum Gasteiger partial charge on any atom is -0.506 e. The summed E-state index contributed by atoms with van der Waals surface area (Å²) in [6.07, 6.45) is 8.85. The molecule has 6 nitrogen and oxygen atoms in total. The second kappa shape index (κ2) is 12.6. The molecular weight excluding hydrogens is 394 g/mol. The number of aliphatic imine (C=N–C) groups is 1. The molecule has 2 aromatic rings. The average Bonchev–Trinajstić information content (AvgIpc) is 2.80. The Hall–Kier alpha value is -3.98. The largest absolute Gasteiger partial charge is 0.506 e. The van der Waals surface area contributed by atoms with Crippen LogP contribution in [0.3, 0.4) is 0 Å². The van der Waals surface area contributed by atoms with E-state index in [9.17, 15) is 15.0 Å². The molecule has 0 spiro atoms. The highest BCUT2D eigenvalue weighted by molar-refractivity contribution is 6.01. The summed E-state index contributed by atoms with van der Waals surface area (Å²) in [7, 11) is 2.92. The zero-order valence-electron chi connectivity index (χ0n) is 18.3. The van der Waals surface area contributed by atoms with Crippen molar-refractivity contribution in [3.8, 4) is 29.6 Å². The maximum atomic E-state index is 11.8. The first-order chi connectivity index (χ1) is 14.9. The number of aliphatic hydroxyl groups excluding tert-OH is 1. The minimum absolute atomic E-state index is 0.181. The van der Waals surface area contributed by atoms with E-state index in [1.807, 2.05) is 25.1 Å². The van der Waals surface area contributed by atoms with Crippen molar-refractivity contribution < 1.29 is 24.5 Å². The summed E-state index contributed by atoms with van der Waals surface area (Å²) in [4.78, 5) is 15.4. The molecule has 0 saturated carbocycles. The van der Waals surface area contributed by atoms with E-state index in [0.29, 0.717) is 16.9 Å². The Morgan fingerprint density at radius 1 is 1.16 bits per heavy atom. The number of para-hydroxylation sites is 1. The van der Waals surface area contributed by atoms with Crippen LogP contribution in [-0.2, 0) is 9.53 Å². The maximum Gasteiger partial charge on any atom is 0.350 e. The lowest BCUT2D eigenvalue weighted by Gasteiger charge is -2.16. The molecular formula is C25H27NO5. The molecule has 162 valence electrons. The van der Waals surface area contributed by atoms with Gasteiger partial charge in [0.05, 0.1) is 7.11 Å². The zero-order chi connectivity index (χ0) is 23.4. The third kappa shape index (κ3) is 6.51. The lowest BCUT2D eigenvalue weighted by Crippen LogP contribution is -2.07. The van der Waals surface area contributed by atoms with Gasteiger partial charge in [-0.3, -0.25) is 0 Å². The van der Waals surface area contributed by atoms with Gasteiger partial charge in [-0.15, -0.1) is 6.42 Å². The van der Waals surface area contributed by atoms with Crippen molar-refractivity contribution in [1.29, 1.82) is 0 Å². The molecule has 0 fully saturated rings. The van der Waals surface area contributed by atoms with Gasteiger partial charge in [-0.2, -0.15) is 0 Å². The number of allylic oxidation sites excluding steroid dienone is 2. The number of phenols is 1. The van der Waals surface area contributed by atoms with Gasteiger partial charge in [0.2, 0.25) is 0 Å². The van der Waals surface area contributed by atoms with Crippen LogP contribution in [0.2, 0.25) is 0 Å². The van der Waals surface area contributed by atoms with Gasteiger partial charge in [-0.25, -0.2) is 4.79 Å². The van der Waals surface area contributed by atoms with E-state index >= 15 is 0 Å². The molecule has 0 radical (unpaired) electrons. The van der Waals surface area contributed by atoms with Gasteiger partial charge in [0.15, 0.2) is 17.1 Å². The van der Waals surface area contributed by atoms with Crippen molar-refractivity contribution in [3.05, 3.63) is 65.2 Å². The lowest BCUT2D eigenvalue weighted by atomic mass is 9.95. The molecule has 31 heavy (non-hydrogen) atoms. The SMILES string of the molecule is C#C/C(C(=O)OC)=C(/O)c1ccc(Oc2ccccc2)c(O)c1/C(C)=C\C.CC=NC. The molecule has 0 saturated heterocycles. The van der Waals surface area contributed by atoms with E-state index < -0.39 is 11.7 Å². The smallest absolute Gasteiger partial charge is 0.350 e. The van der Waals surface area contributed by atoms with Gasteiger partial charge in [0.1, 0.15) is 11.5 Å². The number of carbonyl (C=O) groups is 1. The highest BCUT2D eigenvalue weighted by Crippen LogP contribution is 2.41. The number of phenolic OH excluding ortho intramolecular Hbond substituents is 1. The predicted octanol–water partition coefficient (Wildman–Crippen LogP) is 5.39. The number of aromatic hydroxyl groups is 1. The Kier molecular flexibility index (Phi) is 10.1. The van der Waals surface area contributed by atoms with Gasteiger partial charge in [-0.1, -0.05) is 30.2 Å². The second-order valence-electron chi connectivity index (χ2n) is 6.10. The van der Waals surface area contributed by atoms with Crippen molar-refractivity contribution in [2.75, 3.05) is 14.2 Å². The molecule has 0 aromatic heterocycles. The molecule has 0 aliphatic carbocycles. The Balaban J connectivity index is 0.00000110. The molecule has 2 rings (SSSR count). The van der Waals surface area contributed by atoms with Crippen molar-refractivity contribution in [2.45, 2.75) is 20.8 Å². The van der Waals surface area contributed by atoms with Gasteiger partial charge < -0.3 is 24.7 Å². The van der Waals surface area contributed by atoms with Crippen molar-refractivity contribution in [1.82, 2.24) is 0 Å². The van der Waals surface area contributed by atoms with Crippen molar-refractivity contribution >= 4 is 23.5 Å². The molecule has 0 atom stereocenters. The molecule has 0 aliphatic heterocycles. The van der Waals surface area contributed by atoms with Crippen LogP contribution < -0.4 is 4.74 Å².